The Hall–Kier alpha value is -2.17. The number of nitrogens with one attached hydrogen (secondary N) is 1. The highest BCUT2D eigenvalue weighted by molar-refractivity contribution is 7.86. The minimum atomic E-state index is -3.42. The molecule has 150 valence electrons. The molecule has 27 heavy (non-hydrogen) atoms. The fourth-order valence-electron chi connectivity index (χ4n) is 2.65. The average molecular weight is 399 g/mol. The Morgan fingerprint density at radius 2 is 1.78 bits per heavy atom. The van der Waals surface area contributed by atoms with Crippen molar-refractivity contribution in [3.63, 3.8) is 0 Å². The van der Waals surface area contributed by atoms with Crippen LogP contribution in [0, 0.1) is 0 Å². The summed E-state index contributed by atoms with van der Waals surface area (Å²) in [6.45, 7) is 2.61. The number of hydrogen-bond acceptors (Lipinski definition) is 6. The molecule has 1 heterocycles. The fraction of sp³-hybridized carbons (Fsp3) is 0.529. The summed E-state index contributed by atoms with van der Waals surface area (Å²) in [7, 11) is -0.424. The Balaban J connectivity index is 1.86. The van der Waals surface area contributed by atoms with E-state index in [4.69, 9.17) is 4.74 Å². The molecule has 0 saturated carbocycles. The molecule has 10 heteroatoms. The van der Waals surface area contributed by atoms with Gasteiger partial charge in [0.2, 0.25) is 0 Å². The van der Waals surface area contributed by atoms with Gasteiger partial charge in [-0.2, -0.15) is 17.0 Å². The molecule has 9 nitrogen and oxygen atoms in total. The van der Waals surface area contributed by atoms with Crippen molar-refractivity contribution >= 4 is 22.3 Å². The van der Waals surface area contributed by atoms with Gasteiger partial charge in [-0.25, -0.2) is 4.79 Å². The maximum atomic E-state index is 12.4. The molecule has 0 bridgehead atoms. The highest BCUT2D eigenvalue weighted by atomic mass is 32.2. The first-order valence-corrected chi connectivity index (χ1v) is 10.1. The van der Waals surface area contributed by atoms with Crippen molar-refractivity contribution in [2.24, 2.45) is 0 Å². The number of hydrogen-bond donors (Lipinski definition) is 1. The third kappa shape index (κ3) is 5.65. The van der Waals surface area contributed by atoms with Gasteiger partial charge in [-0.15, -0.1) is 0 Å². The molecular weight excluding hydrogens is 374 g/mol. The van der Waals surface area contributed by atoms with Crippen LogP contribution >= 0.6 is 0 Å². The Morgan fingerprint density at radius 1 is 1.19 bits per heavy atom. The molecule has 1 N–H and O–H groups in total. The second-order valence-corrected chi connectivity index (χ2v) is 8.39. The Morgan fingerprint density at radius 3 is 2.30 bits per heavy atom. The zero-order chi connectivity index (χ0) is 20.0. The summed E-state index contributed by atoms with van der Waals surface area (Å²) < 4.78 is 36.4. The standard InChI is InChI=1S/C17H25N3O6S/c1-4-25-17(22)26-15-7-5-13(6-8-15)16(21)18-14-9-11-20(12-10-14)27(23,24)19(2)3/h5-8,14H,4,9-12H2,1-3H3,(H,18,21). The molecule has 2 rings (SSSR count). The van der Waals surface area contributed by atoms with Crippen LogP contribution in [0.25, 0.3) is 0 Å². The van der Waals surface area contributed by atoms with Crippen molar-refractivity contribution in [1.82, 2.24) is 13.9 Å². The lowest BCUT2D eigenvalue weighted by Gasteiger charge is -2.33. The Labute approximate surface area is 159 Å². The molecule has 0 aromatic heterocycles. The first-order chi connectivity index (χ1) is 12.7. The lowest BCUT2D eigenvalue weighted by Crippen LogP contribution is -2.49. The van der Waals surface area contributed by atoms with Crippen LogP contribution in [-0.2, 0) is 14.9 Å². The van der Waals surface area contributed by atoms with Gasteiger partial charge in [-0.05, 0) is 44.0 Å². The van der Waals surface area contributed by atoms with Crippen molar-refractivity contribution in [1.29, 1.82) is 0 Å². The summed E-state index contributed by atoms with van der Waals surface area (Å²) in [5.41, 5.74) is 0.426. The minimum absolute atomic E-state index is 0.0958. The molecule has 1 fully saturated rings. The van der Waals surface area contributed by atoms with Crippen LogP contribution in [0.1, 0.15) is 30.1 Å². The van der Waals surface area contributed by atoms with Crippen molar-refractivity contribution in [2.45, 2.75) is 25.8 Å². The van der Waals surface area contributed by atoms with Gasteiger partial charge in [-0.1, -0.05) is 0 Å². The first kappa shape index (κ1) is 21.1. The maximum Gasteiger partial charge on any atom is 0.513 e. The maximum absolute atomic E-state index is 12.4. The third-order valence-corrected chi connectivity index (χ3v) is 6.10. The zero-order valence-corrected chi connectivity index (χ0v) is 16.5. The molecule has 1 amide bonds. The van der Waals surface area contributed by atoms with E-state index in [0.717, 1.165) is 0 Å². The number of piperidine rings is 1. The van der Waals surface area contributed by atoms with E-state index in [0.29, 0.717) is 31.5 Å². The molecule has 1 saturated heterocycles. The van der Waals surface area contributed by atoms with Crippen molar-refractivity contribution in [2.75, 3.05) is 33.8 Å². The van der Waals surface area contributed by atoms with E-state index in [1.165, 1.54) is 34.8 Å². The lowest BCUT2D eigenvalue weighted by atomic mass is 10.1. The van der Waals surface area contributed by atoms with E-state index in [-0.39, 0.29) is 24.3 Å². The SMILES string of the molecule is CCOC(=O)Oc1ccc(C(=O)NC2CCN(S(=O)(=O)N(C)C)CC2)cc1. The largest absolute Gasteiger partial charge is 0.513 e. The Bertz CT molecular complexity index is 755. The normalized spacial score (nSPS) is 16.1. The van der Waals surface area contributed by atoms with Gasteiger partial charge in [0.25, 0.3) is 16.1 Å². The van der Waals surface area contributed by atoms with Crippen LogP contribution in [0.3, 0.4) is 0 Å². The fourth-order valence-corrected chi connectivity index (χ4v) is 3.78. The molecule has 0 spiro atoms. The monoisotopic (exact) mass is 399 g/mol. The molecule has 1 aromatic carbocycles. The van der Waals surface area contributed by atoms with Gasteiger partial charge in [0.1, 0.15) is 5.75 Å². The van der Waals surface area contributed by atoms with Crippen LogP contribution in [0.15, 0.2) is 24.3 Å². The molecule has 0 atom stereocenters. The number of rotatable bonds is 6. The van der Waals surface area contributed by atoms with E-state index < -0.39 is 16.4 Å². The number of ether oxygens (including phenoxy) is 2. The highest BCUT2D eigenvalue weighted by Gasteiger charge is 2.30. The molecular formula is C17H25N3O6S. The van der Waals surface area contributed by atoms with Crippen LogP contribution in [-0.4, -0.2) is 68.9 Å². The quantitative estimate of drug-likeness (QED) is 0.570. The van der Waals surface area contributed by atoms with Gasteiger partial charge in [0.05, 0.1) is 6.61 Å². The summed E-state index contributed by atoms with van der Waals surface area (Å²) in [5, 5.41) is 2.91. The second kappa shape index (κ2) is 9.16. The van der Waals surface area contributed by atoms with Gasteiger partial charge in [0, 0.05) is 38.8 Å². The van der Waals surface area contributed by atoms with Gasteiger partial charge in [0.15, 0.2) is 0 Å². The number of nitrogens with zero attached hydrogens (tertiary/aromatic N) is 2. The topological polar surface area (TPSA) is 105 Å². The van der Waals surface area contributed by atoms with Crippen molar-refractivity contribution in [3.8, 4) is 5.75 Å². The van der Waals surface area contributed by atoms with Crippen LogP contribution in [0.4, 0.5) is 4.79 Å². The van der Waals surface area contributed by atoms with Crippen molar-refractivity contribution in [3.05, 3.63) is 29.8 Å². The molecule has 0 radical (unpaired) electrons. The van der Waals surface area contributed by atoms with E-state index in [2.05, 4.69) is 10.1 Å². The molecule has 0 unspecified atom stereocenters. The van der Waals surface area contributed by atoms with Crippen LogP contribution in [0.2, 0.25) is 0 Å². The number of benzene rings is 1. The minimum Gasteiger partial charge on any atom is -0.434 e. The number of carbonyl (C=O) groups excluding carboxylic acids is 2. The summed E-state index contributed by atoms with van der Waals surface area (Å²) in [6, 6.07) is 6.03. The van der Waals surface area contributed by atoms with Gasteiger partial charge >= 0.3 is 6.16 Å². The average Bonchev–Trinajstić information content (AvgIpc) is 2.62. The summed E-state index contributed by atoms with van der Waals surface area (Å²) in [5.74, 6) is 0.0267. The number of carbonyl (C=O) groups is 2. The summed E-state index contributed by atoms with van der Waals surface area (Å²) in [6.07, 6.45) is 0.292. The van der Waals surface area contributed by atoms with Gasteiger partial charge in [-0.3, -0.25) is 4.79 Å². The highest BCUT2D eigenvalue weighted by Crippen LogP contribution is 2.17. The summed E-state index contributed by atoms with van der Waals surface area (Å²) in [4.78, 5) is 23.6. The second-order valence-electron chi connectivity index (χ2n) is 6.25. The molecule has 1 aromatic rings. The van der Waals surface area contributed by atoms with E-state index in [9.17, 15) is 18.0 Å². The Kier molecular flexibility index (Phi) is 7.17. The zero-order valence-electron chi connectivity index (χ0n) is 15.7. The lowest BCUT2D eigenvalue weighted by molar-refractivity contribution is 0.0923. The summed E-state index contributed by atoms with van der Waals surface area (Å²) >= 11 is 0. The first-order valence-electron chi connectivity index (χ1n) is 8.67. The van der Waals surface area contributed by atoms with Gasteiger partial charge < -0.3 is 14.8 Å². The molecule has 0 aliphatic carbocycles. The predicted molar refractivity (Wildman–Crippen MR) is 98.8 cm³/mol. The van der Waals surface area contributed by atoms with E-state index in [1.807, 2.05) is 0 Å². The van der Waals surface area contributed by atoms with E-state index in [1.54, 1.807) is 19.1 Å². The van der Waals surface area contributed by atoms with E-state index >= 15 is 0 Å². The van der Waals surface area contributed by atoms with Crippen molar-refractivity contribution < 1.29 is 27.5 Å². The molecule has 1 aliphatic rings. The smallest absolute Gasteiger partial charge is 0.434 e. The van der Waals surface area contributed by atoms with Crippen LogP contribution in [0.5, 0.6) is 5.75 Å². The third-order valence-electron chi connectivity index (χ3n) is 4.16. The predicted octanol–water partition coefficient (Wildman–Crippen LogP) is 1.22. The number of amides is 1. The van der Waals surface area contributed by atoms with Crippen LogP contribution < -0.4 is 10.1 Å². The molecule has 1 aliphatic heterocycles.